The Morgan fingerprint density at radius 1 is 1.00 bits per heavy atom. The minimum atomic E-state index is -0.557. The summed E-state index contributed by atoms with van der Waals surface area (Å²) in [4.78, 5) is 0. The fraction of sp³-hybridized carbons (Fsp3) is 0.421. The highest BCUT2D eigenvalue weighted by molar-refractivity contribution is 5.25. The number of nitrogens with zero attached hydrogens (tertiary/aromatic N) is 1. The molecule has 1 aliphatic rings. The summed E-state index contributed by atoms with van der Waals surface area (Å²) in [5.41, 5.74) is 3.67. The molecule has 0 atom stereocenters. The normalized spacial score (nSPS) is 16.1. The van der Waals surface area contributed by atoms with Crippen LogP contribution in [0.1, 0.15) is 29.5 Å². The summed E-state index contributed by atoms with van der Waals surface area (Å²) in [6.07, 6.45) is 6.18. The fourth-order valence-corrected chi connectivity index (χ4v) is 3.00. The summed E-state index contributed by atoms with van der Waals surface area (Å²) >= 11 is 0. The summed E-state index contributed by atoms with van der Waals surface area (Å²) in [5.74, 6) is -0.557. The van der Waals surface area contributed by atoms with Crippen LogP contribution in [0.5, 0.6) is 0 Å². The molecule has 0 saturated carbocycles. The highest BCUT2D eigenvalue weighted by Gasteiger charge is 2.38. The van der Waals surface area contributed by atoms with Crippen molar-refractivity contribution in [3.63, 3.8) is 0 Å². The molecule has 0 radical (unpaired) electrons. The number of benzene rings is 1. The first-order chi connectivity index (χ1) is 10.7. The second kappa shape index (κ2) is 7.91. The van der Waals surface area contributed by atoms with Gasteiger partial charge in [-0.3, -0.25) is 0 Å². The first-order valence-electron chi connectivity index (χ1n) is 7.99. The van der Waals surface area contributed by atoms with Crippen LogP contribution >= 0.6 is 0 Å². The van der Waals surface area contributed by atoms with Gasteiger partial charge in [-0.2, -0.15) is 0 Å². The number of pyridine rings is 1. The zero-order chi connectivity index (χ0) is 15.4. The van der Waals surface area contributed by atoms with Crippen LogP contribution in [0.25, 0.3) is 0 Å². The van der Waals surface area contributed by atoms with Gasteiger partial charge in [0.25, 0.3) is 0 Å². The first kappa shape index (κ1) is 17.9. The second-order valence-electron chi connectivity index (χ2n) is 6.04. The highest BCUT2D eigenvalue weighted by Crippen LogP contribution is 2.36. The molecule has 0 amide bonds. The van der Waals surface area contributed by atoms with E-state index in [4.69, 9.17) is 9.47 Å². The van der Waals surface area contributed by atoms with Crippen LogP contribution in [-0.2, 0) is 21.8 Å². The van der Waals surface area contributed by atoms with Gasteiger partial charge >= 0.3 is 0 Å². The third-order valence-corrected chi connectivity index (χ3v) is 4.17. The minimum absolute atomic E-state index is 0. The van der Waals surface area contributed by atoms with Gasteiger partial charge in [0.15, 0.2) is 18.2 Å². The van der Waals surface area contributed by atoms with Crippen LogP contribution in [0.15, 0.2) is 48.8 Å². The van der Waals surface area contributed by atoms with E-state index in [9.17, 15) is 0 Å². The maximum absolute atomic E-state index is 6.00. The average molecular weight is 334 g/mol. The number of halogens is 1. The Kier molecular flexibility index (Phi) is 6.17. The summed E-state index contributed by atoms with van der Waals surface area (Å²) in [6, 6.07) is 12.7. The lowest BCUT2D eigenvalue weighted by Crippen LogP contribution is -3.00. The van der Waals surface area contributed by atoms with Crippen LogP contribution < -0.4 is 17.0 Å². The minimum Gasteiger partial charge on any atom is -1.00 e. The molecular formula is C19H24ClNO2. The van der Waals surface area contributed by atoms with E-state index < -0.39 is 5.79 Å². The molecule has 0 unspecified atom stereocenters. The van der Waals surface area contributed by atoms with Crippen molar-refractivity contribution in [1.29, 1.82) is 0 Å². The predicted octanol–water partition coefficient (Wildman–Crippen LogP) is 0.275. The molecule has 4 heteroatoms. The van der Waals surface area contributed by atoms with Crippen molar-refractivity contribution < 1.29 is 26.4 Å². The molecule has 0 aliphatic carbocycles. The molecule has 0 spiro atoms. The van der Waals surface area contributed by atoms with Crippen LogP contribution in [-0.4, -0.2) is 13.2 Å². The number of hydrogen-bond donors (Lipinski definition) is 0. The predicted molar refractivity (Wildman–Crippen MR) is 85.4 cm³/mol. The standard InChI is InChI=1S/C19H24NO2.ClH/c1-16-6-8-18(9-7-16)19(21-13-14-22-19)10-4-12-20-11-3-5-17(2)15-20;/h3,5-9,11,15H,4,10,12-14H2,1-2H3;1H/q+1;/p-1. The Bertz CT molecular complexity index is 622. The Hall–Kier alpha value is -1.42. The molecule has 0 bridgehead atoms. The van der Waals surface area contributed by atoms with E-state index in [-0.39, 0.29) is 12.4 Å². The Morgan fingerprint density at radius 3 is 2.35 bits per heavy atom. The Balaban J connectivity index is 0.00000192. The molecule has 3 rings (SSSR count). The highest BCUT2D eigenvalue weighted by atomic mass is 35.5. The van der Waals surface area contributed by atoms with Crippen LogP contribution in [0, 0.1) is 13.8 Å². The quantitative estimate of drug-likeness (QED) is 0.733. The molecule has 1 aromatic carbocycles. The molecule has 1 aliphatic heterocycles. The molecule has 3 nitrogen and oxygen atoms in total. The lowest BCUT2D eigenvalue weighted by Gasteiger charge is -2.27. The summed E-state index contributed by atoms with van der Waals surface area (Å²) in [5, 5.41) is 0. The SMILES string of the molecule is Cc1ccc(C2(CCC[n+]3cccc(C)c3)OCCO2)cc1.[Cl-]. The fourth-order valence-electron chi connectivity index (χ4n) is 3.00. The molecule has 124 valence electrons. The van der Waals surface area contributed by atoms with Crippen LogP contribution in [0.3, 0.4) is 0 Å². The van der Waals surface area contributed by atoms with Crippen molar-refractivity contribution >= 4 is 0 Å². The Labute approximate surface area is 144 Å². The first-order valence-corrected chi connectivity index (χ1v) is 7.99. The maximum Gasteiger partial charge on any atom is 0.195 e. The summed E-state index contributed by atoms with van der Waals surface area (Å²) < 4.78 is 14.2. The van der Waals surface area contributed by atoms with Crippen LogP contribution in [0.2, 0.25) is 0 Å². The van der Waals surface area contributed by atoms with E-state index in [0.29, 0.717) is 13.2 Å². The van der Waals surface area contributed by atoms with Crippen molar-refractivity contribution in [1.82, 2.24) is 0 Å². The third kappa shape index (κ3) is 4.31. The number of ether oxygens (including phenoxy) is 2. The topological polar surface area (TPSA) is 22.3 Å². The zero-order valence-electron chi connectivity index (χ0n) is 13.8. The molecule has 23 heavy (non-hydrogen) atoms. The number of aryl methyl sites for hydroxylation is 3. The van der Waals surface area contributed by atoms with E-state index >= 15 is 0 Å². The number of rotatable bonds is 5. The van der Waals surface area contributed by atoms with E-state index in [1.807, 2.05) is 0 Å². The summed E-state index contributed by atoms with van der Waals surface area (Å²) in [6.45, 7) is 6.54. The van der Waals surface area contributed by atoms with Crippen LogP contribution in [0.4, 0.5) is 0 Å². The molecule has 2 heterocycles. The maximum atomic E-state index is 6.00. The average Bonchev–Trinajstić information content (AvgIpc) is 2.98. The number of aromatic nitrogens is 1. The van der Waals surface area contributed by atoms with Crippen molar-refractivity contribution in [3.8, 4) is 0 Å². The third-order valence-electron chi connectivity index (χ3n) is 4.17. The van der Waals surface area contributed by atoms with Gasteiger partial charge in [-0.1, -0.05) is 29.8 Å². The monoisotopic (exact) mass is 333 g/mol. The Morgan fingerprint density at radius 2 is 1.70 bits per heavy atom. The molecule has 2 aromatic rings. The van der Waals surface area contributed by atoms with Crippen molar-refractivity contribution in [2.75, 3.05) is 13.2 Å². The molecule has 1 saturated heterocycles. The molecular weight excluding hydrogens is 310 g/mol. The molecule has 0 N–H and O–H groups in total. The number of hydrogen-bond acceptors (Lipinski definition) is 2. The van der Waals surface area contributed by atoms with Gasteiger partial charge in [-0.15, -0.1) is 0 Å². The van der Waals surface area contributed by atoms with Crippen molar-refractivity contribution in [2.24, 2.45) is 0 Å². The van der Waals surface area contributed by atoms with E-state index in [0.717, 1.165) is 24.9 Å². The van der Waals surface area contributed by atoms with E-state index in [1.165, 1.54) is 11.1 Å². The second-order valence-corrected chi connectivity index (χ2v) is 6.04. The van der Waals surface area contributed by atoms with Gasteiger partial charge in [0.05, 0.1) is 13.2 Å². The van der Waals surface area contributed by atoms with Crippen molar-refractivity contribution in [3.05, 3.63) is 65.5 Å². The van der Waals surface area contributed by atoms with Gasteiger partial charge < -0.3 is 21.9 Å². The van der Waals surface area contributed by atoms with Gasteiger partial charge in [0.1, 0.15) is 6.54 Å². The lowest BCUT2D eigenvalue weighted by molar-refractivity contribution is -0.698. The van der Waals surface area contributed by atoms with E-state index in [2.05, 4.69) is 67.2 Å². The van der Waals surface area contributed by atoms with E-state index in [1.54, 1.807) is 0 Å². The lowest BCUT2D eigenvalue weighted by atomic mass is 9.99. The molecule has 1 fully saturated rings. The smallest absolute Gasteiger partial charge is 0.195 e. The zero-order valence-corrected chi connectivity index (χ0v) is 14.6. The summed E-state index contributed by atoms with van der Waals surface area (Å²) in [7, 11) is 0. The molecule has 1 aromatic heterocycles. The van der Waals surface area contributed by atoms with Gasteiger partial charge in [0, 0.05) is 30.0 Å². The van der Waals surface area contributed by atoms with Gasteiger partial charge in [-0.25, -0.2) is 4.57 Å². The van der Waals surface area contributed by atoms with Gasteiger partial charge in [0.2, 0.25) is 0 Å². The van der Waals surface area contributed by atoms with Crippen molar-refractivity contribution in [2.45, 2.75) is 39.0 Å². The largest absolute Gasteiger partial charge is 1.00 e. The van der Waals surface area contributed by atoms with Gasteiger partial charge in [-0.05, 0) is 19.9 Å².